The Hall–Kier alpha value is -1.90. The molecule has 150 valence electrons. The second-order valence-electron chi connectivity index (χ2n) is 7.45. The molecule has 4 nitrogen and oxygen atoms in total. The lowest BCUT2D eigenvalue weighted by atomic mass is 9.96. The second-order valence-corrected chi connectivity index (χ2v) is 9.43. The fourth-order valence-corrected chi connectivity index (χ4v) is 5.18. The zero-order chi connectivity index (χ0) is 19.9. The molecular formula is C20H21F3N2O2S. The van der Waals surface area contributed by atoms with Gasteiger partial charge in [-0.15, -0.1) is 0 Å². The number of halogens is 3. The molecule has 2 aromatic rings. The van der Waals surface area contributed by atoms with Crippen molar-refractivity contribution in [2.75, 3.05) is 6.54 Å². The number of benzene rings is 2. The summed E-state index contributed by atoms with van der Waals surface area (Å²) in [5, 5.41) is 1.01. The van der Waals surface area contributed by atoms with Gasteiger partial charge >= 0.3 is 0 Å². The largest absolute Gasteiger partial charge is 0.312 e. The minimum Gasteiger partial charge on any atom is -0.312 e. The third-order valence-corrected chi connectivity index (χ3v) is 7.42. The van der Waals surface area contributed by atoms with Crippen LogP contribution in [-0.4, -0.2) is 32.0 Å². The van der Waals surface area contributed by atoms with Crippen molar-refractivity contribution in [2.45, 2.75) is 42.8 Å². The van der Waals surface area contributed by atoms with E-state index in [4.69, 9.17) is 0 Å². The Kier molecular flexibility index (Phi) is 4.97. The lowest BCUT2D eigenvalue weighted by Crippen LogP contribution is -2.47. The van der Waals surface area contributed by atoms with E-state index in [-0.39, 0.29) is 30.9 Å². The van der Waals surface area contributed by atoms with Gasteiger partial charge < -0.3 is 5.32 Å². The molecule has 2 aliphatic rings. The third-order valence-electron chi connectivity index (χ3n) is 5.43. The zero-order valence-corrected chi connectivity index (χ0v) is 15.9. The van der Waals surface area contributed by atoms with Gasteiger partial charge in [-0.2, -0.15) is 0 Å². The number of hydrogen-bond acceptors (Lipinski definition) is 3. The Balaban J connectivity index is 1.54. The molecule has 2 fully saturated rings. The Morgan fingerprint density at radius 3 is 2.61 bits per heavy atom. The van der Waals surface area contributed by atoms with Gasteiger partial charge in [0.2, 0.25) is 15.0 Å². The zero-order valence-electron chi connectivity index (χ0n) is 15.1. The van der Waals surface area contributed by atoms with Crippen LogP contribution in [0, 0.1) is 11.6 Å². The van der Waals surface area contributed by atoms with Crippen molar-refractivity contribution in [1.82, 2.24) is 10.0 Å². The van der Waals surface area contributed by atoms with E-state index < -0.39 is 32.7 Å². The van der Waals surface area contributed by atoms with Gasteiger partial charge in [-0.1, -0.05) is 30.3 Å². The van der Waals surface area contributed by atoms with E-state index in [9.17, 15) is 17.2 Å². The standard InChI is InChI=1S/C20H21F3N2O2S/c21-15-5-1-3-13(11-15)16-6-2-4-14(19(16)22)12-18-17(7-10-24-18)25-28(26,27)20(23)8-9-20/h1-6,11,17-18,24-25H,7-10,12H2/t17-,18-/m0/s1. The van der Waals surface area contributed by atoms with Crippen molar-refractivity contribution < 1.29 is 21.6 Å². The van der Waals surface area contributed by atoms with E-state index in [0.717, 1.165) is 0 Å². The topological polar surface area (TPSA) is 58.2 Å². The Bertz CT molecular complexity index is 993. The predicted octanol–water partition coefficient (Wildman–Crippen LogP) is 3.28. The van der Waals surface area contributed by atoms with Gasteiger partial charge in [0.1, 0.15) is 11.6 Å². The van der Waals surface area contributed by atoms with Crippen molar-refractivity contribution in [3.8, 4) is 11.1 Å². The van der Waals surface area contributed by atoms with E-state index in [0.29, 0.717) is 24.1 Å². The molecule has 2 N–H and O–H groups in total. The molecule has 1 saturated carbocycles. The van der Waals surface area contributed by atoms with E-state index in [1.165, 1.54) is 18.2 Å². The maximum atomic E-state index is 15.1. The minimum absolute atomic E-state index is 0.0114. The molecule has 0 spiro atoms. The van der Waals surface area contributed by atoms with Crippen molar-refractivity contribution in [2.24, 2.45) is 0 Å². The molecule has 8 heteroatoms. The van der Waals surface area contributed by atoms with Crippen LogP contribution in [-0.2, 0) is 16.4 Å². The summed E-state index contributed by atoms with van der Waals surface area (Å²) in [6, 6.07) is 9.75. The van der Waals surface area contributed by atoms with Gasteiger partial charge in [0.15, 0.2) is 0 Å². The van der Waals surface area contributed by atoms with Crippen molar-refractivity contribution in [3.63, 3.8) is 0 Å². The highest BCUT2D eigenvalue weighted by atomic mass is 32.2. The highest BCUT2D eigenvalue weighted by Gasteiger charge is 2.56. The van der Waals surface area contributed by atoms with Crippen LogP contribution >= 0.6 is 0 Å². The lowest BCUT2D eigenvalue weighted by molar-refractivity contribution is 0.388. The average molecular weight is 410 g/mol. The maximum Gasteiger partial charge on any atom is 0.247 e. The molecule has 0 amide bonds. The van der Waals surface area contributed by atoms with E-state index in [2.05, 4.69) is 10.0 Å². The SMILES string of the molecule is O=S(=O)(N[C@H]1CCN[C@H]1Cc1cccc(-c2cccc(F)c2)c1F)C1(F)CC1. The molecule has 1 saturated heterocycles. The van der Waals surface area contributed by atoms with Gasteiger partial charge in [-0.05, 0) is 42.6 Å². The first-order valence-electron chi connectivity index (χ1n) is 9.27. The summed E-state index contributed by atoms with van der Waals surface area (Å²) in [6.45, 7) is 0.558. The van der Waals surface area contributed by atoms with Gasteiger partial charge in [0, 0.05) is 30.5 Å². The molecule has 1 heterocycles. The number of nitrogens with one attached hydrogen (secondary N) is 2. The van der Waals surface area contributed by atoms with Crippen molar-refractivity contribution >= 4 is 10.0 Å². The molecular weight excluding hydrogens is 389 g/mol. The Labute approximate surface area is 162 Å². The molecule has 0 aromatic heterocycles. The Morgan fingerprint density at radius 2 is 1.89 bits per heavy atom. The van der Waals surface area contributed by atoms with Gasteiger partial charge in [0.05, 0.1) is 0 Å². The fraction of sp³-hybridized carbons (Fsp3) is 0.400. The van der Waals surface area contributed by atoms with Gasteiger partial charge in [-0.25, -0.2) is 26.3 Å². The summed E-state index contributed by atoms with van der Waals surface area (Å²) in [4.78, 5) is 0. The summed E-state index contributed by atoms with van der Waals surface area (Å²) in [6.07, 6.45) is 0.765. The molecule has 4 rings (SSSR count). The number of sulfonamides is 1. The first-order chi connectivity index (χ1) is 13.3. The van der Waals surface area contributed by atoms with E-state index >= 15 is 4.39 Å². The summed E-state index contributed by atoms with van der Waals surface area (Å²) >= 11 is 0. The lowest BCUT2D eigenvalue weighted by Gasteiger charge is -2.22. The number of rotatable bonds is 6. The van der Waals surface area contributed by atoms with Crippen LogP contribution < -0.4 is 10.0 Å². The number of hydrogen-bond donors (Lipinski definition) is 2. The van der Waals surface area contributed by atoms with Crippen LogP contribution in [0.25, 0.3) is 11.1 Å². The van der Waals surface area contributed by atoms with Gasteiger partial charge in [0.25, 0.3) is 0 Å². The summed E-state index contributed by atoms with van der Waals surface area (Å²) < 4.78 is 69.4. The normalized spacial score (nSPS) is 23.7. The van der Waals surface area contributed by atoms with E-state index in [1.807, 2.05) is 0 Å². The maximum absolute atomic E-state index is 15.1. The third kappa shape index (κ3) is 3.68. The van der Waals surface area contributed by atoms with Crippen LogP contribution in [0.15, 0.2) is 42.5 Å². The van der Waals surface area contributed by atoms with Crippen LogP contribution in [0.3, 0.4) is 0 Å². The van der Waals surface area contributed by atoms with Crippen molar-refractivity contribution in [1.29, 1.82) is 0 Å². The average Bonchev–Trinajstić information content (AvgIpc) is 3.28. The monoisotopic (exact) mass is 410 g/mol. The Morgan fingerprint density at radius 1 is 1.14 bits per heavy atom. The smallest absolute Gasteiger partial charge is 0.247 e. The minimum atomic E-state index is -4.05. The molecule has 1 aliphatic heterocycles. The highest BCUT2D eigenvalue weighted by Crippen LogP contribution is 2.44. The fourth-order valence-electron chi connectivity index (χ4n) is 3.65. The summed E-state index contributed by atoms with van der Waals surface area (Å²) in [5.74, 6) is -0.915. The van der Waals surface area contributed by atoms with Crippen molar-refractivity contribution in [3.05, 3.63) is 59.7 Å². The van der Waals surface area contributed by atoms with Gasteiger partial charge in [-0.3, -0.25) is 0 Å². The molecule has 2 atom stereocenters. The molecule has 28 heavy (non-hydrogen) atoms. The van der Waals surface area contributed by atoms with Crippen LogP contribution in [0.2, 0.25) is 0 Å². The predicted molar refractivity (Wildman–Crippen MR) is 101 cm³/mol. The van der Waals surface area contributed by atoms with Crippen LogP contribution in [0.5, 0.6) is 0 Å². The summed E-state index contributed by atoms with van der Waals surface area (Å²) in [5.41, 5.74) is 1.11. The quantitative estimate of drug-likeness (QED) is 0.769. The first kappa shape index (κ1) is 19.4. The van der Waals surface area contributed by atoms with E-state index in [1.54, 1.807) is 24.3 Å². The molecule has 2 aromatic carbocycles. The highest BCUT2D eigenvalue weighted by molar-refractivity contribution is 7.91. The summed E-state index contributed by atoms with van der Waals surface area (Å²) in [7, 11) is -4.05. The van der Waals surface area contributed by atoms with Crippen LogP contribution in [0.1, 0.15) is 24.8 Å². The molecule has 0 unspecified atom stereocenters. The second kappa shape index (κ2) is 7.17. The van der Waals surface area contributed by atoms with Crippen LogP contribution in [0.4, 0.5) is 13.2 Å². The first-order valence-corrected chi connectivity index (χ1v) is 10.7. The molecule has 0 bridgehead atoms. The molecule has 1 aliphatic carbocycles. The number of alkyl halides is 1. The molecule has 0 radical (unpaired) electrons.